The fourth-order valence-electron chi connectivity index (χ4n) is 8.67. The van der Waals surface area contributed by atoms with Crippen LogP contribution in [0.4, 0.5) is 0 Å². The van der Waals surface area contributed by atoms with Crippen LogP contribution in [0.25, 0.3) is 0 Å². The molecule has 7 aliphatic rings. The highest BCUT2D eigenvalue weighted by atomic mass is 16.6. The van der Waals surface area contributed by atoms with Gasteiger partial charge >= 0.3 is 0 Å². The zero-order valence-electron chi connectivity index (χ0n) is 20.7. The van der Waals surface area contributed by atoms with Crippen LogP contribution >= 0.6 is 0 Å². The Morgan fingerprint density at radius 1 is 1.32 bits per heavy atom. The molecule has 0 radical (unpaired) electrons. The summed E-state index contributed by atoms with van der Waals surface area (Å²) in [4.78, 5) is 2.35. The van der Waals surface area contributed by atoms with Crippen molar-refractivity contribution < 1.29 is 22.4 Å². The molecule has 0 aromatic heterocycles. The van der Waals surface area contributed by atoms with Gasteiger partial charge in [-0.05, 0) is 82.8 Å². The lowest BCUT2D eigenvalue weighted by Gasteiger charge is -2.75. The predicted octanol–water partition coefficient (Wildman–Crippen LogP) is 3.39. The Balaban J connectivity index is 1.54. The molecule has 4 bridgehead atoms. The van der Waals surface area contributed by atoms with Gasteiger partial charge in [0.25, 0.3) is 0 Å². The van der Waals surface area contributed by atoms with Crippen molar-refractivity contribution in [1.82, 2.24) is 4.90 Å². The van der Waals surface area contributed by atoms with E-state index in [2.05, 4.69) is 4.90 Å². The number of piperidine rings is 1. The maximum absolute atomic E-state index is 11.4. The highest BCUT2D eigenvalue weighted by molar-refractivity contribution is 5.63. The van der Waals surface area contributed by atoms with Gasteiger partial charge in [-0.15, -0.1) is 0 Å². The lowest BCUT2D eigenvalue weighted by molar-refractivity contribution is -0.300. The number of benzene rings is 1. The molecule has 8 rings (SSSR count). The molecule has 5 heteroatoms. The molecule has 5 aliphatic carbocycles. The Labute approximate surface area is 187 Å². The maximum Gasteiger partial charge on any atom is 0.165 e. The van der Waals surface area contributed by atoms with Gasteiger partial charge in [0.2, 0.25) is 0 Å². The van der Waals surface area contributed by atoms with Gasteiger partial charge in [-0.1, -0.05) is 6.07 Å². The molecule has 2 spiro atoms. The van der Waals surface area contributed by atoms with Gasteiger partial charge in [0.15, 0.2) is 11.5 Å². The van der Waals surface area contributed by atoms with Crippen molar-refractivity contribution in [3.05, 3.63) is 23.3 Å². The molecule has 8 atom stereocenters. The Kier molecular flexibility index (Phi) is 3.11. The molecule has 2 N–H and O–H groups in total. The first-order chi connectivity index (χ1) is 15.6. The highest BCUT2D eigenvalue weighted by Crippen LogP contribution is 2.77. The van der Waals surface area contributed by atoms with Crippen LogP contribution in [0.15, 0.2) is 12.1 Å². The molecule has 5 nitrogen and oxygen atoms in total. The van der Waals surface area contributed by atoms with E-state index in [4.69, 9.17) is 9.47 Å². The van der Waals surface area contributed by atoms with Crippen LogP contribution in [-0.2, 0) is 16.6 Å². The quantitative estimate of drug-likeness (QED) is 0.768. The predicted molar refractivity (Wildman–Crippen MR) is 116 cm³/mol. The van der Waals surface area contributed by atoms with Crippen molar-refractivity contribution in [3.8, 4) is 11.5 Å². The number of aromatic hydroxyl groups is 1. The fourth-order valence-corrected chi connectivity index (χ4v) is 8.67. The second-order valence-electron chi connectivity index (χ2n) is 11.7. The van der Waals surface area contributed by atoms with Crippen molar-refractivity contribution in [1.29, 1.82) is 0 Å². The molecule has 0 amide bonds. The fraction of sp³-hybridized carbons (Fsp3) is 0.769. The first-order valence-corrected chi connectivity index (χ1v) is 12.0. The average molecular weight is 430 g/mol. The molecule has 31 heavy (non-hydrogen) atoms. The third-order valence-corrected chi connectivity index (χ3v) is 10.1. The Hall–Kier alpha value is -1.30. The number of hydrogen-bond acceptors (Lipinski definition) is 5. The normalized spacial score (nSPS) is 50.5. The van der Waals surface area contributed by atoms with Gasteiger partial charge < -0.3 is 19.7 Å². The average Bonchev–Trinajstić information content (AvgIpc) is 3.52. The number of fused-ring (bicyclic) bond motifs is 2. The van der Waals surface area contributed by atoms with E-state index in [0.717, 1.165) is 43.4 Å². The lowest BCUT2D eigenvalue weighted by atomic mass is 9.34. The largest absolute Gasteiger partial charge is 0.504 e. The number of likely N-dealkylation sites (tertiary alicyclic amines) is 1. The summed E-state index contributed by atoms with van der Waals surface area (Å²) in [5.41, 5.74) is -0.594. The van der Waals surface area contributed by atoms with E-state index in [1.807, 2.05) is 19.9 Å². The summed E-state index contributed by atoms with van der Waals surface area (Å²) < 4.78 is 32.0. The van der Waals surface area contributed by atoms with Crippen LogP contribution in [0.5, 0.6) is 11.5 Å². The number of hydrogen-bond donors (Lipinski definition) is 2. The second kappa shape index (κ2) is 5.60. The SMILES string of the molecule is [3H]C1C([3H])[C@]23c4c5ccc(O)c4O[C@H]2[C@@]2(OC)CC[C@@]3(C[C@@H]2C(C)(C)O)[C@@H](C5)N1CC1CC1. The number of nitrogens with zero attached hydrogens (tertiary/aromatic N) is 1. The molecule has 1 aromatic carbocycles. The minimum atomic E-state index is -0.973. The van der Waals surface area contributed by atoms with Gasteiger partial charge in [0, 0.05) is 44.7 Å². The maximum atomic E-state index is 11.4. The van der Waals surface area contributed by atoms with Crippen LogP contribution in [0.1, 0.15) is 66.2 Å². The van der Waals surface area contributed by atoms with E-state index >= 15 is 0 Å². The minimum absolute atomic E-state index is 0.116. The number of ether oxygens (including phenoxy) is 2. The van der Waals surface area contributed by atoms with Crippen LogP contribution < -0.4 is 4.74 Å². The summed E-state index contributed by atoms with van der Waals surface area (Å²) in [6.45, 7) is 4.00. The van der Waals surface area contributed by atoms with E-state index in [0.29, 0.717) is 11.7 Å². The molecule has 2 unspecified atom stereocenters. The molecule has 2 aliphatic heterocycles. The van der Waals surface area contributed by atoms with Crippen molar-refractivity contribution in [3.63, 3.8) is 0 Å². The van der Waals surface area contributed by atoms with Gasteiger partial charge in [0.05, 0.1) is 5.60 Å². The number of phenols is 1. The zero-order valence-corrected chi connectivity index (χ0v) is 18.7. The summed E-state index contributed by atoms with van der Waals surface area (Å²) in [7, 11) is 1.71. The molecular weight excluding hydrogens is 390 g/mol. The molecule has 1 saturated heterocycles. The Morgan fingerprint density at radius 3 is 2.84 bits per heavy atom. The monoisotopic (exact) mass is 429 g/mol. The summed E-state index contributed by atoms with van der Waals surface area (Å²) in [6, 6.07) is 3.88. The first kappa shape index (κ1) is 17.2. The van der Waals surface area contributed by atoms with Crippen LogP contribution in [0, 0.1) is 17.3 Å². The first-order valence-electron chi connectivity index (χ1n) is 13.2. The summed E-state index contributed by atoms with van der Waals surface area (Å²) in [5, 5.41) is 22.3. The third kappa shape index (κ3) is 2.02. The summed E-state index contributed by atoms with van der Waals surface area (Å²) in [5.74, 6) is 1.10. The Morgan fingerprint density at radius 2 is 2.13 bits per heavy atom. The lowest BCUT2D eigenvalue weighted by Crippen LogP contribution is -2.82. The van der Waals surface area contributed by atoms with Crippen LogP contribution in [0.2, 0.25) is 0 Å². The molecule has 168 valence electrons. The van der Waals surface area contributed by atoms with E-state index in [-0.39, 0.29) is 23.1 Å². The van der Waals surface area contributed by atoms with Crippen molar-refractivity contribution in [2.24, 2.45) is 17.3 Å². The van der Waals surface area contributed by atoms with Gasteiger partial charge in [-0.3, -0.25) is 4.90 Å². The van der Waals surface area contributed by atoms with E-state index < -0.39 is 35.6 Å². The smallest absolute Gasteiger partial charge is 0.165 e. The highest BCUT2D eigenvalue weighted by Gasteiger charge is 2.81. The van der Waals surface area contributed by atoms with E-state index in [1.54, 1.807) is 13.2 Å². The van der Waals surface area contributed by atoms with Gasteiger partial charge in [0.1, 0.15) is 11.7 Å². The molecule has 1 aromatic rings. The number of phenolic OH excluding ortho intramolecular Hbond substituents is 1. The van der Waals surface area contributed by atoms with Crippen molar-refractivity contribution in [2.45, 2.75) is 87.5 Å². The summed E-state index contributed by atoms with van der Waals surface area (Å²) in [6.07, 6.45) is 4.47. The molecule has 4 saturated carbocycles. The van der Waals surface area contributed by atoms with Crippen molar-refractivity contribution >= 4 is 0 Å². The van der Waals surface area contributed by atoms with E-state index in [9.17, 15) is 13.0 Å². The Bertz CT molecular complexity index is 1040. The molecular formula is C26H35NO4. The van der Waals surface area contributed by atoms with E-state index in [1.165, 1.54) is 12.8 Å². The standard InChI is InChI=1S/C26H35NO4/c1-23(2,29)18-13-24-8-9-26(18,30-3)22-25(24)10-11-27(14-15-4-5-15)19(24)12-16-6-7-17(28)21(31-22)20(16)25/h6-7,15,18-19,22,28-29H,4-5,8-14H2,1-3H3/t18-,19-,22-,24-,25+,26-/m1/s1/i10T,11T/t10?,11?,18-,19-,22-,24-,25+,26-. The summed E-state index contributed by atoms with van der Waals surface area (Å²) >= 11 is 0. The zero-order chi connectivity index (χ0) is 23.1. The number of aliphatic hydroxyl groups is 1. The number of methoxy groups -OCH3 is 1. The van der Waals surface area contributed by atoms with Crippen LogP contribution in [-0.4, -0.2) is 58.6 Å². The topological polar surface area (TPSA) is 62.2 Å². The van der Waals surface area contributed by atoms with Crippen LogP contribution in [0.3, 0.4) is 0 Å². The molecule has 5 fully saturated rings. The second-order valence-corrected chi connectivity index (χ2v) is 11.7. The number of rotatable bonds is 4. The minimum Gasteiger partial charge on any atom is -0.504 e. The van der Waals surface area contributed by atoms with Crippen molar-refractivity contribution in [2.75, 3.05) is 20.2 Å². The van der Waals surface area contributed by atoms with Gasteiger partial charge in [-0.25, -0.2) is 0 Å². The third-order valence-electron chi connectivity index (χ3n) is 10.1. The molecule has 2 heterocycles. The van der Waals surface area contributed by atoms with Gasteiger partial charge in [-0.2, -0.15) is 0 Å².